The van der Waals surface area contributed by atoms with E-state index < -0.39 is 23.0 Å². The predicted octanol–water partition coefficient (Wildman–Crippen LogP) is 4.40. The highest BCUT2D eigenvalue weighted by molar-refractivity contribution is 5.75. The van der Waals surface area contributed by atoms with Crippen LogP contribution in [0.2, 0.25) is 0 Å². The molecule has 1 amide bonds. The summed E-state index contributed by atoms with van der Waals surface area (Å²) in [7, 11) is 3.35. The van der Waals surface area contributed by atoms with Gasteiger partial charge in [0, 0.05) is 32.1 Å². The van der Waals surface area contributed by atoms with Gasteiger partial charge in [-0.3, -0.25) is 9.48 Å². The topological polar surface area (TPSA) is 116 Å². The molecule has 5 rings (SSSR count). The molecule has 12 heteroatoms. The Labute approximate surface area is 216 Å². The van der Waals surface area contributed by atoms with Crippen molar-refractivity contribution in [1.29, 1.82) is 0 Å². The van der Waals surface area contributed by atoms with Crippen LogP contribution < -0.4 is 5.73 Å². The van der Waals surface area contributed by atoms with Gasteiger partial charge in [0.25, 0.3) is 5.89 Å². The summed E-state index contributed by atoms with van der Waals surface area (Å²) in [5, 5.41) is 8.50. The lowest BCUT2D eigenvalue weighted by Crippen LogP contribution is -2.28. The van der Waals surface area contributed by atoms with Gasteiger partial charge in [0.05, 0.1) is 22.7 Å². The minimum absolute atomic E-state index is 0.0914. The van der Waals surface area contributed by atoms with Crippen LogP contribution in [0, 0.1) is 5.92 Å². The second-order valence-electron chi connectivity index (χ2n) is 9.85. The average molecular weight is 526 g/mol. The lowest BCUT2D eigenvalue weighted by Gasteiger charge is -2.27. The number of halogens is 3. The summed E-state index contributed by atoms with van der Waals surface area (Å²) in [6.07, 6.45) is 1.97. The number of carbonyl (C=O) groups excluding carboxylic acids is 1. The smallest absolute Gasteiger partial charge is 0.383 e. The maximum Gasteiger partial charge on any atom is 0.419 e. The molecule has 1 aliphatic rings. The van der Waals surface area contributed by atoms with Gasteiger partial charge in [-0.05, 0) is 42.9 Å². The largest absolute Gasteiger partial charge is 0.419 e. The highest BCUT2D eigenvalue weighted by Crippen LogP contribution is 2.50. The number of hydrogen-bond donors (Lipinski definition) is 1. The number of pyridine rings is 1. The molecule has 1 atom stereocenters. The third kappa shape index (κ3) is 4.73. The molecule has 1 aromatic carbocycles. The molecule has 1 saturated carbocycles. The molecule has 4 aromatic rings. The quantitative estimate of drug-likeness (QED) is 0.380. The van der Waals surface area contributed by atoms with Crippen LogP contribution in [0.25, 0.3) is 22.6 Å². The van der Waals surface area contributed by atoms with Gasteiger partial charge in [0.15, 0.2) is 5.82 Å². The van der Waals surface area contributed by atoms with E-state index in [1.165, 1.54) is 15.8 Å². The molecule has 2 N–H and O–H groups in total. The molecule has 3 heterocycles. The Morgan fingerprint density at radius 1 is 1.13 bits per heavy atom. The lowest BCUT2D eigenvalue weighted by molar-refractivity contribution is -0.137. The van der Waals surface area contributed by atoms with E-state index in [1.54, 1.807) is 38.6 Å². The number of carbonyl (C=O) groups is 1. The summed E-state index contributed by atoms with van der Waals surface area (Å²) in [5.41, 5.74) is 6.33. The van der Waals surface area contributed by atoms with Crippen molar-refractivity contribution in [1.82, 2.24) is 29.8 Å². The van der Waals surface area contributed by atoms with Crippen molar-refractivity contribution < 1.29 is 22.5 Å². The average Bonchev–Trinajstić information content (AvgIpc) is 3.43. The number of nitrogen functional groups attached to an aromatic ring is 1. The third-order valence-electron chi connectivity index (χ3n) is 7.00. The van der Waals surface area contributed by atoms with E-state index in [2.05, 4.69) is 20.2 Å². The molecule has 198 valence electrons. The van der Waals surface area contributed by atoms with Gasteiger partial charge >= 0.3 is 6.18 Å². The van der Waals surface area contributed by atoms with E-state index in [9.17, 15) is 18.0 Å². The first-order valence-corrected chi connectivity index (χ1v) is 12.0. The fourth-order valence-corrected chi connectivity index (χ4v) is 4.47. The number of aromatic nitrogens is 5. The molecule has 0 bridgehead atoms. The summed E-state index contributed by atoms with van der Waals surface area (Å²) < 4.78 is 47.0. The van der Waals surface area contributed by atoms with Gasteiger partial charge < -0.3 is 15.2 Å². The Morgan fingerprint density at radius 2 is 1.84 bits per heavy atom. The Morgan fingerprint density at radius 3 is 2.47 bits per heavy atom. The molecule has 0 aliphatic heterocycles. The fourth-order valence-electron chi connectivity index (χ4n) is 4.47. The fraction of sp³-hybridized carbons (Fsp3) is 0.346. The number of nitrogens with two attached hydrogens (primary N) is 1. The summed E-state index contributed by atoms with van der Waals surface area (Å²) >= 11 is 0. The van der Waals surface area contributed by atoms with Crippen molar-refractivity contribution in [3.8, 4) is 22.6 Å². The molecule has 0 saturated heterocycles. The Bertz CT molecular complexity index is 1470. The van der Waals surface area contributed by atoms with E-state index >= 15 is 0 Å². The molecule has 1 aliphatic carbocycles. The summed E-state index contributed by atoms with van der Waals surface area (Å²) in [6.45, 7) is 2.13. The standard InChI is InChI=1S/C26H26F3N7O2/c1-25(19-8-9-19,24-33-23(38-34-24)17-12-32-36(13-17)14-21(37)35(2)3)18-6-4-15(5-7-18)16-10-20(26(27,28)29)22(30)31-11-16/h4-7,10-13,19H,8-9,14H2,1-3H3,(H2,30,31)/t25-/m0/s1. The highest BCUT2D eigenvalue weighted by Gasteiger charge is 2.47. The van der Waals surface area contributed by atoms with Crippen molar-refractivity contribution in [3.05, 3.63) is 65.9 Å². The summed E-state index contributed by atoms with van der Waals surface area (Å²) in [4.78, 5) is 21.9. The number of benzene rings is 1. The monoisotopic (exact) mass is 525 g/mol. The number of hydrogen-bond acceptors (Lipinski definition) is 7. The normalized spacial score (nSPS) is 15.3. The lowest BCUT2D eigenvalue weighted by atomic mass is 9.76. The zero-order valence-electron chi connectivity index (χ0n) is 21.0. The van der Waals surface area contributed by atoms with Crippen LogP contribution in [0.4, 0.5) is 19.0 Å². The first-order chi connectivity index (χ1) is 18.0. The maximum absolute atomic E-state index is 13.3. The molecule has 0 radical (unpaired) electrons. The molecular weight excluding hydrogens is 499 g/mol. The SMILES string of the molecule is CN(C)C(=O)Cn1cc(-c2nc([C@@](C)(c3ccc(-c4cnc(N)c(C(F)(F)F)c4)cc3)C3CC3)no2)cn1. The number of nitrogens with zero attached hydrogens (tertiary/aromatic N) is 6. The second kappa shape index (κ2) is 9.26. The van der Waals surface area contributed by atoms with Crippen LogP contribution in [-0.2, 0) is 22.9 Å². The summed E-state index contributed by atoms with van der Waals surface area (Å²) in [5.74, 6) is 0.434. The van der Waals surface area contributed by atoms with Crippen LogP contribution in [-0.4, -0.2) is 49.8 Å². The van der Waals surface area contributed by atoms with Crippen LogP contribution in [0.15, 0.2) is 53.4 Å². The molecule has 3 aromatic heterocycles. The molecule has 38 heavy (non-hydrogen) atoms. The highest BCUT2D eigenvalue weighted by atomic mass is 19.4. The summed E-state index contributed by atoms with van der Waals surface area (Å²) in [6, 6.07) is 8.28. The van der Waals surface area contributed by atoms with E-state index in [-0.39, 0.29) is 18.4 Å². The van der Waals surface area contributed by atoms with Gasteiger partial charge in [-0.1, -0.05) is 29.4 Å². The molecular formula is C26H26F3N7O2. The van der Waals surface area contributed by atoms with E-state index in [0.29, 0.717) is 28.4 Å². The third-order valence-corrected chi connectivity index (χ3v) is 7.00. The van der Waals surface area contributed by atoms with Crippen molar-refractivity contribution >= 4 is 11.7 Å². The van der Waals surface area contributed by atoms with Gasteiger partial charge in [-0.25, -0.2) is 4.98 Å². The van der Waals surface area contributed by atoms with Gasteiger partial charge in [-0.2, -0.15) is 23.3 Å². The first kappa shape index (κ1) is 25.4. The number of alkyl halides is 3. The molecule has 0 spiro atoms. The molecule has 9 nitrogen and oxygen atoms in total. The Balaban J connectivity index is 1.42. The molecule has 0 unspecified atom stereocenters. The minimum Gasteiger partial charge on any atom is -0.383 e. The van der Waals surface area contributed by atoms with Crippen LogP contribution in [0.1, 0.15) is 36.7 Å². The van der Waals surface area contributed by atoms with E-state index in [4.69, 9.17) is 10.3 Å². The maximum atomic E-state index is 13.3. The Hall–Kier alpha value is -4.22. The van der Waals surface area contributed by atoms with Gasteiger partial charge in [0.1, 0.15) is 12.4 Å². The van der Waals surface area contributed by atoms with Crippen LogP contribution in [0.5, 0.6) is 0 Å². The zero-order valence-corrected chi connectivity index (χ0v) is 21.0. The number of amides is 1. The van der Waals surface area contributed by atoms with Gasteiger partial charge in [-0.15, -0.1) is 0 Å². The van der Waals surface area contributed by atoms with Crippen LogP contribution >= 0.6 is 0 Å². The van der Waals surface area contributed by atoms with Crippen LogP contribution in [0.3, 0.4) is 0 Å². The van der Waals surface area contributed by atoms with E-state index in [1.807, 2.05) is 19.1 Å². The number of rotatable bonds is 7. The predicted molar refractivity (Wildman–Crippen MR) is 132 cm³/mol. The number of anilines is 1. The number of likely N-dealkylation sites (N-methyl/N-ethyl adjacent to an activating group) is 1. The van der Waals surface area contributed by atoms with Crippen molar-refractivity contribution in [3.63, 3.8) is 0 Å². The van der Waals surface area contributed by atoms with Crippen molar-refractivity contribution in [2.45, 2.75) is 37.9 Å². The van der Waals surface area contributed by atoms with Crippen molar-refractivity contribution in [2.75, 3.05) is 19.8 Å². The zero-order chi connectivity index (χ0) is 27.2. The second-order valence-corrected chi connectivity index (χ2v) is 9.85. The van der Waals surface area contributed by atoms with E-state index in [0.717, 1.165) is 24.5 Å². The first-order valence-electron chi connectivity index (χ1n) is 12.0. The van der Waals surface area contributed by atoms with Gasteiger partial charge in [0.2, 0.25) is 5.91 Å². The minimum atomic E-state index is -4.59. The molecule has 1 fully saturated rings. The Kier molecular flexibility index (Phi) is 6.20. The van der Waals surface area contributed by atoms with Crippen molar-refractivity contribution in [2.24, 2.45) is 5.92 Å².